The van der Waals surface area contributed by atoms with Gasteiger partial charge in [-0.25, -0.2) is 4.99 Å². The number of para-hydroxylation sites is 1. The highest BCUT2D eigenvalue weighted by Gasteiger charge is 2.28. The van der Waals surface area contributed by atoms with Gasteiger partial charge >= 0.3 is 0 Å². The van der Waals surface area contributed by atoms with E-state index in [2.05, 4.69) is 23.3 Å². The number of thioether (sulfide) groups is 2. The number of hydrogen-bond acceptors (Lipinski definition) is 4. The number of amides is 1. The summed E-state index contributed by atoms with van der Waals surface area (Å²) < 4.78 is 0.998. The fraction of sp³-hybridized carbons (Fsp3) is 0.467. The van der Waals surface area contributed by atoms with Crippen molar-refractivity contribution >= 4 is 39.5 Å². The molecule has 1 aliphatic carbocycles. The first-order valence-electron chi connectivity index (χ1n) is 6.94. The molecule has 2 aliphatic rings. The van der Waals surface area contributed by atoms with Gasteiger partial charge in [0, 0.05) is 11.8 Å². The zero-order chi connectivity index (χ0) is 13.9. The Bertz CT molecular complexity index is 540. The van der Waals surface area contributed by atoms with Crippen molar-refractivity contribution in [2.24, 2.45) is 10.9 Å². The zero-order valence-corrected chi connectivity index (χ0v) is 13.1. The first-order valence-corrected chi connectivity index (χ1v) is 8.91. The van der Waals surface area contributed by atoms with E-state index in [1.807, 2.05) is 18.2 Å². The highest BCUT2D eigenvalue weighted by atomic mass is 32.2. The van der Waals surface area contributed by atoms with Gasteiger partial charge < -0.3 is 5.32 Å². The van der Waals surface area contributed by atoms with Gasteiger partial charge in [0.2, 0.25) is 5.91 Å². The molecule has 1 aromatic carbocycles. The summed E-state index contributed by atoms with van der Waals surface area (Å²) in [5.74, 6) is 2.24. The zero-order valence-electron chi connectivity index (χ0n) is 11.5. The van der Waals surface area contributed by atoms with Crippen molar-refractivity contribution in [3.05, 3.63) is 29.8 Å². The van der Waals surface area contributed by atoms with Crippen LogP contribution < -0.4 is 5.32 Å². The van der Waals surface area contributed by atoms with Crippen LogP contribution >= 0.6 is 23.5 Å². The summed E-state index contributed by atoms with van der Waals surface area (Å²) in [7, 11) is 0. The average Bonchev–Trinajstić information content (AvgIpc) is 3.29. The Morgan fingerprint density at radius 1 is 1.50 bits per heavy atom. The van der Waals surface area contributed by atoms with Crippen LogP contribution in [0.1, 0.15) is 25.3 Å². The van der Waals surface area contributed by atoms with E-state index < -0.39 is 0 Å². The maximum absolute atomic E-state index is 11.9. The van der Waals surface area contributed by atoms with Gasteiger partial charge in [-0.2, -0.15) is 0 Å². The van der Waals surface area contributed by atoms with Crippen molar-refractivity contribution in [3.63, 3.8) is 0 Å². The van der Waals surface area contributed by atoms with Crippen LogP contribution in [0.4, 0.5) is 5.69 Å². The van der Waals surface area contributed by atoms with Gasteiger partial charge in [-0.15, -0.1) is 0 Å². The summed E-state index contributed by atoms with van der Waals surface area (Å²) in [4.78, 5) is 16.5. The van der Waals surface area contributed by atoms with Gasteiger partial charge in [0.25, 0.3) is 0 Å². The van der Waals surface area contributed by atoms with Gasteiger partial charge in [0.1, 0.15) is 4.38 Å². The molecule has 0 aromatic heterocycles. The Labute approximate surface area is 128 Å². The van der Waals surface area contributed by atoms with Gasteiger partial charge in [-0.1, -0.05) is 41.7 Å². The number of carbonyl (C=O) groups is 1. The number of rotatable bonds is 4. The predicted octanol–water partition coefficient (Wildman–Crippen LogP) is 3.57. The van der Waals surface area contributed by atoms with Crippen LogP contribution in [0.15, 0.2) is 29.3 Å². The van der Waals surface area contributed by atoms with Gasteiger partial charge in [-0.05, 0) is 37.3 Å². The second-order valence-corrected chi connectivity index (χ2v) is 7.46. The van der Waals surface area contributed by atoms with E-state index in [0.717, 1.165) is 15.8 Å². The van der Waals surface area contributed by atoms with Crippen LogP contribution in [0.2, 0.25) is 0 Å². The van der Waals surface area contributed by atoms with E-state index in [1.54, 1.807) is 23.5 Å². The molecule has 0 bridgehead atoms. The van der Waals surface area contributed by atoms with E-state index in [9.17, 15) is 4.79 Å². The molecule has 0 radical (unpaired) electrons. The smallest absolute Gasteiger partial charge is 0.230 e. The summed E-state index contributed by atoms with van der Waals surface area (Å²) in [6, 6.07) is 8.51. The maximum atomic E-state index is 11.9. The molecule has 0 saturated heterocycles. The molecule has 20 heavy (non-hydrogen) atoms. The summed E-state index contributed by atoms with van der Waals surface area (Å²) in [5.41, 5.74) is 2.31. The molecule has 0 unspecified atom stereocenters. The fourth-order valence-electron chi connectivity index (χ4n) is 2.22. The number of nitrogens with zero attached hydrogens (tertiary/aromatic N) is 1. The molecule has 1 atom stereocenters. The van der Waals surface area contributed by atoms with Crippen molar-refractivity contribution < 1.29 is 4.79 Å². The second kappa shape index (κ2) is 6.22. The third-order valence-corrected chi connectivity index (χ3v) is 5.84. The van der Waals surface area contributed by atoms with Crippen LogP contribution in [-0.2, 0) is 10.5 Å². The Hall–Kier alpha value is -0.940. The van der Waals surface area contributed by atoms with Crippen LogP contribution in [0, 0.1) is 5.92 Å². The van der Waals surface area contributed by atoms with Gasteiger partial charge in [-0.3, -0.25) is 4.79 Å². The van der Waals surface area contributed by atoms with Crippen molar-refractivity contribution in [3.8, 4) is 0 Å². The fourth-order valence-corrected chi connectivity index (χ4v) is 4.10. The minimum absolute atomic E-state index is 0.122. The number of nitrogens with one attached hydrogen (secondary N) is 1. The first-order chi connectivity index (χ1) is 9.72. The quantitative estimate of drug-likeness (QED) is 0.924. The number of hydrogen-bond donors (Lipinski definition) is 1. The number of benzene rings is 1. The highest BCUT2D eigenvalue weighted by molar-refractivity contribution is 8.38. The standard InChI is InChI=1S/C15H18N2OS2/c1-10(11-6-7-11)16-14(18)9-20-15-17-13-5-3-2-4-12(13)8-19-15/h2-5,10-11H,6-9H2,1H3,(H,16,18)/t10-/m1/s1. The SMILES string of the molecule is C[C@@H](NC(=O)CSC1=Nc2ccccc2CS1)C1CC1. The monoisotopic (exact) mass is 306 g/mol. The van der Waals surface area contributed by atoms with E-state index in [-0.39, 0.29) is 5.91 Å². The second-order valence-electron chi connectivity index (χ2n) is 5.28. The van der Waals surface area contributed by atoms with Crippen molar-refractivity contribution in [2.75, 3.05) is 5.75 Å². The van der Waals surface area contributed by atoms with Gasteiger partial charge in [0.15, 0.2) is 0 Å². The Balaban J connectivity index is 1.51. The lowest BCUT2D eigenvalue weighted by Gasteiger charge is -2.15. The molecule has 0 spiro atoms. The van der Waals surface area contributed by atoms with E-state index in [1.165, 1.54) is 18.4 Å². The van der Waals surface area contributed by atoms with Crippen LogP contribution in [0.3, 0.4) is 0 Å². The Morgan fingerprint density at radius 2 is 2.30 bits per heavy atom. The summed E-state index contributed by atoms with van der Waals surface area (Å²) >= 11 is 3.26. The maximum Gasteiger partial charge on any atom is 0.230 e. The van der Waals surface area contributed by atoms with Crippen LogP contribution in [0.25, 0.3) is 0 Å². The Kier molecular flexibility index (Phi) is 4.36. The van der Waals surface area contributed by atoms with Crippen LogP contribution in [-0.4, -0.2) is 22.1 Å². The molecule has 106 valence electrons. The molecule has 1 N–H and O–H groups in total. The lowest BCUT2D eigenvalue weighted by molar-refractivity contribution is -0.119. The summed E-state index contributed by atoms with van der Waals surface area (Å²) in [5, 5.41) is 3.08. The van der Waals surface area contributed by atoms with Crippen molar-refractivity contribution in [2.45, 2.75) is 31.6 Å². The molecular formula is C15H18N2OS2. The Morgan fingerprint density at radius 3 is 3.10 bits per heavy atom. The molecule has 1 heterocycles. The third kappa shape index (κ3) is 3.58. The molecule has 1 saturated carbocycles. The molecular weight excluding hydrogens is 288 g/mol. The molecule has 1 aromatic rings. The summed E-state index contributed by atoms with van der Waals surface area (Å²) in [6.45, 7) is 2.10. The topological polar surface area (TPSA) is 41.5 Å². The predicted molar refractivity (Wildman–Crippen MR) is 87.6 cm³/mol. The molecule has 3 nitrogen and oxygen atoms in total. The highest BCUT2D eigenvalue weighted by Crippen LogP contribution is 2.35. The van der Waals surface area contributed by atoms with E-state index in [0.29, 0.717) is 17.7 Å². The number of aliphatic imine (C=N–C) groups is 1. The number of carbonyl (C=O) groups excluding carboxylic acids is 1. The lowest BCUT2D eigenvalue weighted by Crippen LogP contribution is -2.35. The normalized spacial score (nSPS) is 18.9. The molecule has 3 rings (SSSR count). The van der Waals surface area contributed by atoms with Crippen molar-refractivity contribution in [1.29, 1.82) is 0 Å². The number of fused-ring (bicyclic) bond motifs is 1. The summed E-state index contributed by atoms with van der Waals surface area (Å²) in [6.07, 6.45) is 2.52. The third-order valence-electron chi connectivity index (χ3n) is 3.60. The molecule has 1 aliphatic heterocycles. The lowest BCUT2D eigenvalue weighted by atomic mass is 10.2. The van der Waals surface area contributed by atoms with Gasteiger partial charge in [0.05, 0.1) is 11.4 Å². The van der Waals surface area contributed by atoms with Crippen LogP contribution in [0.5, 0.6) is 0 Å². The van der Waals surface area contributed by atoms with Crippen molar-refractivity contribution in [1.82, 2.24) is 5.32 Å². The van der Waals surface area contributed by atoms with E-state index >= 15 is 0 Å². The molecule has 5 heteroatoms. The minimum Gasteiger partial charge on any atom is -0.353 e. The average molecular weight is 306 g/mol. The minimum atomic E-state index is 0.122. The first kappa shape index (κ1) is 14.0. The molecule has 1 fully saturated rings. The van der Waals surface area contributed by atoms with E-state index in [4.69, 9.17) is 0 Å². The molecule has 1 amide bonds. The largest absolute Gasteiger partial charge is 0.353 e.